The lowest BCUT2D eigenvalue weighted by Crippen LogP contribution is -2.52. The summed E-state index contributed by atoms with van der Waals surface area (Å²) in [5.74, 6) is 0.422. The van der Waals surface area contributed by atoms with E-state index in [1.54, 1.807) is 26.4 Å². The number of carbonyl (C=O) groups excluding carboxylic acids is 2. The van der Waals surface area contributed by atoms with Gasteiger partial charge in [-0.2, -0.15) is 5.10 Å². The predicted octanol–water partition coefficient (Wildman–Crippen LogP) is 4.48. The molecule has 0 unspecified atom stereocenters. The third-order valence-electron chi connectivity index (χ3n) is 5.48. The highest BCUT2D eigenvalue weighted by Crippen LogP contribution is 2.34. The van der Waals surface area contributed by atoms with Crippen LogP contribution in [0.5, 0.6) is 5.75 Å². The van der Waals surface area contributed by atoms with Gasteiger partial charge in [0.15, 0.2) is 0 Å². The van der Waals surface area contributed by atoms with Crippen LogP contribution in [0.1, 0.15) is 44.4 Å². The molecular formula is C26H33ClN4O4. The minimum atomic E-state index is -0.442. The van der Waals surface area contributed by atoms with E-state index in [1.165, 1.54) is 9.91 Å². The van der Waals surface area contributed by atoms with Crippen molar-refractivity contribution >= 4 is 29.3 Å². The molecule has 2 aromatic rings. The molecule has 0 spiro atoms. The number of hydrogen-bond acceptors (Lipinski definition) is 5. The summed E-state index contributed by atoms with van der Waals surface area (Å²) in [6.45, 7) is 6.12. The summed E-state index contributed by atoms with van der Waals surface area (Å²) in [5.41, 5.74) is 2.11. The SMILES string of the molecule is COCCN(CC(=O)N1N=C(c2cccc(OC)c2)C[C@H]1c1ccc(Cl)cc1)C(=O)NC(C)(C)C. The van der Waals surface area contributed by atoms with Crippen LogP contribution in [0, 0.1) is 0 Å². The summed E-state index contributed by atoms with van der Waals surface area (Å²) in [5, 5.41) is 9.71. The van der Waals surface area contributed by atoms with Crippen LogP contribution >= 0.6 is 11.6 Å². The van der Waals surface area contributed by atoms with Gasteiger partial charge in [0, 0.05) is 36.2 Å². The number of nitrogens with one attached hydrogen (secondary N) is 1. The molecule has 1 atom stereocenters. The molecule has 2 aromatic carbocycles. The Hall–Kier alpha value is -3.10. The number of halogens is 1. The molecule has 3 rings (SSSR count). The van der Waals surface area contributed by atoms with Crippen LogP contribution in [-0.4, -0.2) is 67.0 Å². The van der Waals surface area contributed by atoms with Gasteiger partial charge in [-0.05, 0) is 50.6 Å². The molecule has 1 N–H and O–H groups in total. The summed E-state index contributed by atoms with van der Waals surface area (Å²) in [6, 6.07) is 14.3. The Balaban J connectivity index is 1.90. The smallest absolute Gasteiger partial charge is 0.318 e. The zero-order valence-corrected chi connectivity index (χ0v) is 21.6. The number of urea groups is 1. The van der Waals surface area contributed by atoms with Crippen molar-refractivity contribution in [3.05, 3.63) is 64.7 Å². The highest BCUT2D eigenvalue weighted by molar-refractivity contribution is 6.30. The van der Waals surface area contributed by atoms with E-state index in [1.807, 2.05) is 57.2 Å². The lowest BCUT2D eigenvalue weighted by molar-refractivity contribution is -0.133. The topological polar surface area (TPSA) is 83.5 Å². The fourth-order valence-corrected chi connectivity index (χ4v) is 3.88. The molecule has 0 radical (unpaired) electrons. The van der Waals surface area contributed by atoms with Gasteiger partial charge < -0.3 is 19.7 Å². The number of carbonyl (C=O) groups is 2. The molecule has 9 heteroatoms. The van der Waals surface area contributed by atoms with Gasteiger partial charge in [0.1, 0.15) is 12.3 Å². The summed E-state index contributed by atoms with van der Waals surface area (Å²) < 4.78 is 10.5. The summed E-state index contributed by atoms with van der Waals surface area (Å²) in [4.78, 5) is 27.9. The van der Waals surface area contributed by atoms with E-state index >= 15 is 0 Å². The first-order valence-electron chi connectivity index (χ1n) is 11.5. The average Bonchev–Trinajstić information content (AvgIpc) is 3.26. The Bertz CT molecular complexity index is 1070. The molecule has 0 aromatic heterocycles. The Morgan fingerprint density at radius 3 is 2.51 bits per heavy atom. The van der Waals surface area contributed by atoms with Crippen molar-refractivity contribution < 1.29 is 19.1 Å². The number of amides is 3. The van der Waals surface area contributed by atoms with Crippen molar-refractivity contribution in [2.45, 2.75) is 38.8 Å². The van der Waals surface area contributed by atoms with E-state index in [9.17, 15) is 9.59 Å². The maximum absolute atomic E-state index is 13.5. The number of ether oxygens (including phenoxy) is 2. The summed E-state index contributed by atoms with van der Waals surface area (Å²) in [6.07, 6.45) is 0.521. The van der Waals surface area contributed by atoms with E-state index in [0.717, 1.165) is 16.8 Å². The minimum Gasteiger partial charge on any atom is -0.497 e. The molecule has 1 heterocycles. The largest absolute Gasteiger partial charge is 0.497 e. The number of nitrogens with zero attached hydrogens (tertiary/aromatic N) is 3. The van der Waals surface area contributed by atoms with E-state index in [4.69, 9.17) is 26.2 Å². The molecule has 3 amide bonds. The molecule has 35 heavy (non-hydrogen) atoms. The van der Waals surface area contributed by atoms with Crippen LogP contribution in [0.3, 0.4) is 0 Å². The van der Waals surface area contributed by atoms with Crippen LogP contribution in [-0.2, 0) is 9.53 Å². The maximum Gasteiger partial charge on any atom is 0.318 e. The van der Waals surface area contributed by atoms with Crippen LogP contribution in [0.4, 0.5) is 4.79 Å². The lowest BCUT2D eigenvalue weighted by atomic mass is 9.98. The molecule has 1 aliphatic heterocycles. The van der Waals surface area contributed by atoms with E-state index in [2.05, 4.69) is 5.32 Å². The van der Waals surface area contributed by atoms with Crippen molar-refractivity contribution in [1.82, 2.24) is 15.2 Å². The van der Waals surface area contributed by atoms with Gasteiger partial charge in [0.2, 0.25) is 0 Å². The van der Waals surface area contributed by atoms with E-state index in [-0.39, 0.29) is 31.1 Å². The molecule has 0 bridgehead atoms. The van der Waals surface area contributed by atoms with Gasteiger partial charge in [0.25, 0.3) is 5.91 Å². The second kappa shape index (κ2) is 11.6. The van der Waals surface area contributed by atoms with Crippen molar-refractivity contribution in [1.29, 1.82) is 0 Å². The van der Waals surface area contributed by atoms with Gasteiger partial charge >= 0.3 is 6.03 Å². The molecule has 188 valence electrons. The highest BCUT2D eigenvalue weighted by Gasteiger charge is 2.34. The summed E-state index contributed by atoms with van der Waals surface area (Å²) in [7, 11) is 3.17. The third-order valence-corrected chi connectivity index (χ3v) is 5.74. The van der Waals surface area contributed by atoms with E-state index in [0.29, 0.717) is 23.8 Å². The second-order valence-electron chi connectivity index (χ2n) is 9.38. The van der Waals surface area contributed by atoms with Crippen molar-refractivity contribution in [3.63, 3.8) is 0 Å². The fourth-order valence-electron chi connectivity index (χ4n) is 3.75. The van der Waals surface area contributed by atoms with Crippen molar-refractivity contribution in [3.8, 4) is 5.75 Å². The quantitative estimate of drug-likeness (QED) is 0.579. The molecule has 0 fully saturated rings. The van der Waals surface area contributed by atoms with Gasteiger partial charge in [-0.15, -0.1) is 0 Å². The lowest BCUT2D eigenvalue weighted by Gasteiger charge is -2.30. The highest BCUT2D eigenvalue weighted by atomic mass is 35.5. The second-order valence-corrected chi connectivity index (χ2v) is 9.82. The molecular weight excluding hydrogens is 468 g/mol. The standard InChI is InChI=1S/C26H33ClN4O4/c1-26(2,3)28-25(33)30(13-14-34-4)17-24(32)31-23(18-9-11-20(27)12-10-18)16-22(29-31)19-7-6-8-21(15-19)35-5/h6-12,15,23H,13-14,16-17H2,1-5H3,(H,28,33)/t23-/m0/s1. The van der Waals surface area contributed by atoms with Crippen LogP contribution in [0.25, 0.3) is 0 Å². The van der Waals surface area contributed by atoms with Crippen LogP contribution in [0.15, 0.2) is 53.6 Å². The van der Waals surface area contributed by atoms with Crippen molar-refractivity contribution in [2.75, 3.05) is 33.9 Å². The van der Waals surface area contributed by atoms with Gasteiger partial charge in [0.05, 0.1) is 25.5 Å². The number of rotatable bonds is 8. The molecule has 0 saturated carbocycles. The van der Waals surface area contributed by atoms with Gasteiger partial charge in [-0.3, -0.25) is 4.79 Å². The van der Waals surface area contributed by atoms with Crippen molar-refractivity contribution in [2.24, 2.45) is 5.10 Å². The minimum absolute atomic E-state index is 0.135. The summed E-state index contributed by atoms with van der Waals surface area (Å²) >= 11 is 6.09. The van der Waals surface area contributed by atoms with E-state index < -0.39 is 5.54 Å². The zero-order valence-electron chi connectivity index (χ0n) is 20.9. The first-order valence-corrected chi connectivity index (χ1v) is 11.8. The number of hydrogen-bond donors (Lipinski definition) is 1. The molecule has 0 saturated heterocycles. The number of hydrazone groups is 1. The Kier molecular flexibility index (Phi) is 8.75. The van der Waals surface area contributed by atoms with Gasteiger partial charge in [-0.1, -0.05) is 35.9 Å². The zero-order chi connectivity index (χ0) is 25.6. The molecule has 8 nitrogen and oxygen atoms in total. The predicted molar refractivity (Wildman–Crippen MR) is 137 cm³/mol. The first kappa shape index (κ1) is 26.5. The monoisotopic (exact) mass is 500 g/mol. The first-order chi connectivity index (χ1) is 16.6. The third kappa shape index (κ3) is 7.19. The Morgan fingerprint density at radius 1 is 1.17 bits per heavy atom. The Morgan fingerprint density at radius 2 is 1.89 bits per heavy atom. The molecule has 1 aliphatic rings. The Labute approximate surface area is 211 Å². The normalized spacial score (nSPS) is 15.5. The molecule has 0 aliphatic carbocycles. The van der Waals surface area contributed by atoms with Crippen LogP contribution in [0.2, 0.25) is 5.02 Å². The number of methoxy groups -OCH3 is 2. The number of benzene rings is 2. The van der Waals surface area contributed by atoms with Gasteiger partial charge in [-0.25, -0.2) is 9.80 Å². The maximum atomic E-state index is 13.5. The fraction of sp³-hybridized carbons (Fsp3) is 0.423. The average molecular weight is 501 g/mol. The van der Waals surface area contributed by atoms with Crippen LogP contribution < -0.4 is 10.1 Å².